The lowest BCUT2D eigenvalue weighted by atomic mass is 10.0. The number of hydrogen-bond donors (Lipinski definition) is 0. The van der Waals surface area contributed by atoms with Gasteiger partial charge in [0.15, 0.2) is 6.20 Å². The summed E-state index contributed by atoms with van der Waals surface area (Å²) in [6.07, 6.45) is 5.20. The Labute approximate surface area is 110 Å². The van der Waals surface area contributed by atoms with Crippen LogP contribution in [-0.2, 0) is 12.8 Å². The highest BCUT2D eigenvalue weighted by Gasteiger charge is 2.32. The monoisotopic (exact) mass is 289 g/mol. The summed E-state index contributed by atoms with van der Waals surface area (Å²) in [6, 6.07) is 0. The molecule has 1 aliphatic rings. The average Bonchev–Trinajstić information content (AvgIpc) is 2.80. The molecule has 2 heterocycles. The van der Waals surface area contributed by atoms with E-state index in [4.69, 9.17) is 0 Å². The Kier molecular flexibility index (Phi) is 3.00. The maximum absolute atomic E-state index is 13.6. The van der Waals surface area contributed by atoms with Crippen LogP contribution in [0.4, 0.5) is 17.6 Å². The van der Waals surface area contributed by atoms with Gasteiger partial charge >= 0.3 is 5.69 Å². The van der Waals surface area contributed by atoms with E-state index >= 15 is 0 Å². The summed E-state index contributed by atoms with van der Waals surface area (Å²) < 4.78 is 54.6. The maximum Gasteiger partial charge on any atom is 0.305 e. The predicted octanol–water partition coefficient (Wildman–Crippen LogP) is 2.86. The Bertz CT molecular complexity index is 604. The SMILES string of the molecule is Fc1nc(F)c(F)c(-[n+]2cc3c(s2)CCCC3)c1F. The number of aromatic nitrogens is 2. The van der Waals surface area contributed by atoms with Gasteiger partial charge in [-0.3, -0.25) is 0 Å². The lowest BCUT2D eigenvalue weighted by Gasteiger charge is -2.04. The Hall–Kier alpha value is -1.50. The van der Waals surface area contributed by atoms with Gasteiger partial charge in [0.1, 0.15) is 11.5 Å². The Morgan fingerprint density at radius 1 is 1.00 bits per heavy atom. The van der Waals surface area contributed by atoms with Gasteiger partial charge in [0, 0.05) is 5.56 Å². The van der Waals surface area contributed by atoms with Crippen molar-refractivity contribution in [2.24, 2.45) is 0 Å². The first kappa shape index (κ1) is 12.5. The fraction of sp³-hybridized carbons (Fsp3) is 0.333. The normalized spacial score (nSPS) is 14.5. The number of rotatable bonds is 1. The van der Waals surface area contributed by atoms with Crippen LogP contribution < -0.4 is 3.96 Å². The highest BCUT2D eigenvalue weighted by Crippen LogP contribution is 2.25. The van der Waals surface area contributed by atoms with Crippen LogP contribution in [0.1, 0.15) is 23.3 Å². The van der Waals surface area contributed by atoms with Gasteiger partial charge in [-0.05, 0) is 25.7 Å². The Morgan fingerprint density at radius 3 is 2.26 bits per heavy atom. The second-order valence-electron chi connectivity index (χ2n) is 4.37. The summed E-state index contributed by atoms with van der Waals surface area (Å²) in [5.41, 5.74) is 0.247. The molecule has 0 saturated heterocycles. The minimum Gasteiger partial charge on any atom is -0.194 e. The minimum atomic E-state index is -1.63. The van der Waals surface area contributed by atoms with Crippen LogP contribution >= 0.6 is 11.5 Å². The van der Waals surface area contributed by atoms with Gasteiger partial charge in [-0.15, -0.1) is 0 Å². The van der Waals surface area contributed by atoms with E-state index < -0.39 is 29.2 Å². The molecule has 0 fully saturated rings. The molecule has 0 radical (unpaired) electrons. The Morgan fingerprint density at radius 2 is 1.63 bits per heavy atom. The van der Waals surface area contributed by atoms with Gasteiger partial charge < -0.3 is 0 Å². The molecule has 7 heteroatoms. The van der Waals surface area contributed by atoms with E-state index in [2.05, 4.69) is 4.98 Å². The second-order valence-corrected chi connectivity index (χ2v) is 5.44. The van der Waals surface area contributed by atoms with Gasteiger partial charge in [0.05, 0.1) is 4.88 Å². The highest BCUT2D eigenvalue weighted by molar-refractivity contribution is 7.02. The standard InChI is InChI=1S/C12H9F4N2S/c13-8-10(9(14)12(16)17-11(8)15)18-5-6-3-1-2-4-7(6)19-18/h5H,1-4H2/q+1. The lowest BCUT2D eigenvalue weighted by Crippen LogP contribution is -2.29. The van der Waals surface area contributed by atoms with Crippen molar-refractivity contribution in [3.05, 3.63) is 40.2 Å². The Balaban J connectivity index is 2.19. The second kappa shape index (κ2) is 4.56. The molecule has 2 nitrogen and oxygen atoms in total. The molecule has 0 unspecified atom stereocenters. The summed E-state index contributed by atoms with van der Waals surface area (Å²) in [6.45, 7) is 0. The zero-order valence-electron chi connectivity index (χ0n) is 9.72. The third kappa shape index (κ3) is 2.01. The molecule has 0 amide bonds. The van der Waals surface area contributed by atoms with Gasteiger partial charge in [-0.2, -0.15) is 22.5 Å². The number of aryl methyl sites for hydroxylation is 2. The van der Waals surface area contributed by atoms with E-state index in [1.54, 1.807) is 6.20 Å². The molecule has 0 saturated carbocycles. The number of nitrogens with zero attached hydrogens (tertiary/aromatic N) is 2. The van der Waals surface area contributed by atoms with Crippen molar-refractivity contribution in [1.82, 2.24) is 4.98 Å². The molecule has 0 atom stereocenters. The van der Waals surface area contributed by atoms with Crippen LogP contribution in [0, 0.1) is 23.5 Å². The van der Waals surface area contributed by atoms with Crippen molar-refractivity contribution >= 4 is 11.5 Å². The molecule has 2 aromatic rings. The summed E-state index contributed by atoms with van der Waals surface area (Å²) >= 11 is 1.11. The van der Waals surface area contributed by atoms with Crippen LogP contribution in [0.25, 0.3) is 5.69 Å². The first-order valence-electron chi connectivity index (χ1n) is 5.82. The summed E-state index contributed by atoms with van der Waals surface area (Å²) in [5.74, 6) is -6.20. The number of pyridine rings is 1. The molecular formula is C12H9F4N2S+. The average molecular weight is 289 g/mol. The van der Waals surface area contributed by atoms with E-state index in [-0.39, 0.29) is 0 Å². The predicted molar refractivity (Wildman–Crippen MR) is 60.1 cm³/mol. The first-order valence-corrected chi connectivity index (χ1v) is 6.59. The highest BCUT2D eigenvalue weighted by atomic mass is 32.1. The van der Waals surface area contributed by atoms with E-state index in [0.29, 0.717) is 0 Å². The third-order valence-electron chi connectivity index (χ3n) is 3.13. The van der Waals surface area contributed by atoms with Crippen molar-refractivity contribution in [2.75, 3.05) is 0 Å². The molecule has 0 aromatic carbocycles. The molecule has 19 heavy (non-hydrogen) atoms. The number of hydrogen-bond acceptors (Lipinski definition) is 2. The molecule has 1 aliphatic carbocycles. The van der Waals surface area contributed by atoms with E-state index in [1.165, 1.54) is 0 Å². The molecule has 100 valence electrons. The molecule has 2 aromatic heterocycles. The van der Waals surface area contributed by atoms with Crippen molar-refractivity contribution in [1.29, 1.82) is 0 Å². The van der Waals surface area contributed by atoms with Gasteiger partial charge in [0.2, 0.25) is 0 Å². The van der Waals surface area contributed by atoms with E-state index in [9.17, 15) is 17.6 Å². The molecular weight excluding hydrogens is 280 g/mol. The van der Waals surface area contributed by atoms with Crippen molar-refractivity contribution < 1.29 is 21.5 Å². The fourth-order valence-corrected chi connectivity index (χ4v) is 3.38. The van der Waals surface area contributed by atoms with Gasteiger partial charge in [-0.1, -0.05) is 3.96 Å². The molecule has 0 aliphatic heterocycles. The fourth-order valence-electron chi connectivity index (χ4n) is 2.21. The quantitative estimate of drug-likeness (QED) is 0.448. The lowest BCUT2D eigenvalue weighted by molar-refractivity contribution is -0.525. The summed E-state index contributed by atoms with van der Waals surface area (Å²) in [5, 5.41) is 0. The van der Waals surface area contributed by atoms with Crippen LogP contribution in [0.3, 0.4) is 0 Å². The topological polar surface area (TPSA) is 16.8 Å². The zero-order valence-corrected chi connectivity index (χ0v) is 10.5. The van der Waals surface area contributed by atoms with Crippen molar-refractivity contribution in [2.45, 2.75) is 25.7 Å². The first-order chi connectivity index (χ1) is 9.08. The van der Waals surface area contributed by atoms with Gasteiger partial charge in [0.25, 0.3) is 23.5 Å². The third-order valence-corrected chi connectivity index (χ3v) is 4.31. The summed E-state index contributed by atoms with van der Waals surface area (Å²) in [4.78, 5) is 3.55. The molecule has 0 N–H and O–H groups in total. The largest absolute Gasteiger partial charge is 0.305 e. The van der Waals surface area contributed by atoms with Crippen LogP contribution in [0.15, 0.2) is 6.20 Å². The smallest absolute Gasteiger partial charge is 0.194 e. The molecule has 3 rings (SSSR count). The number of fused-ring (bicyclic) bond motifs is 1. The van der Waals surface area contributed by atoms with Gasteiger partial charge in [-0.25, -0.2) is 0 Å². The van der Waals surface area contributed by atoms with E-state index in [1.807, 2.05) is 0 Å². The molecule has 0 spiro atoms. The minimum absolute atomic E-state index is 0.732. The summed E-state index contributed by atoms with van der Waals surface area (Å²) in [7, 11) is 0. The van der Waals surface area contributed by atoms with Crippen molar-refractivity contribution in [3.8, 4) is 5.69 Å². The molecule has 0 bridgehead atoms. The zero-order chi connectivity index (χ0) is 13.6. The van der Waals surface area contributed by atoms with Crippen LogP contribution in [0.2, 0.25) is 0 Å². The van der Waals surface area contributed by atoms with Crippen molar-refractivity contribution in [3.63, 3.8) is 0 Å². The van der Waals surface area contributed by atoms with Crippen LogP contribution in [0.5, 0.6) is 0 Å². The van der Waals surface area contributed by atoms with Crippen LogP contribution in [-0.4, -0.2) is 4.98 Å². The van der Waals surface area contributed by atoms with E-state index in [0.717, 1.165) is 51.6 Å². The maximum atomic E-state index is 13.6. The number of halogens is 4.